The Morgan fingerprint density at radius 1 is 1.05 bits per heavy atom. The fraction of sp³-hybridized carbons (Fsp3) is 0.222. The summed E-state index contributed by atoms with van der Waals surface area (Å²) in [5.74, 6) is -0.731. The van der Waals surface area contributed by atoms with Crippen molar-refractivity contribution in [1.82, 2.24) is 5.32 Å². The summed E-state index contributed by atoms with van der Waals surface area (Å²) >= 11 is 0. The first-order valence-corrected chi connectivity index (χ1v) is 7.23. The molecule has 3 N–H and O–H groups in total. The predicted octanol–water partition coefficient (Wildman–Crippen LogP) is 1.75. The van der Waals surface area contributed by atoms with Crippen LogP contribution in [0.1, 0.15) is 16.7 Å². The largest absolute Gasteiger partial charge is 0.368 e. The van der Waals surface area contributed by atoms with Crippen molar-refractivity contribution < 1.29 is 9.59 Å². The number of hydrogen-bond donors (Lipinski definition) is 2. The predicted molar refractivity (Wildman–Crippen MR) is 86.2 cm³/mol. The Labute approximate surface area is 130 Å². The van der Waals surface area contributed by atoms with E-state index in [-0.39, 0.29) is 12.3 Å². The van der Waals surface area contributed by atoms with Gasteiger partial charge in [0.25, 0.3) is 0 Å². The van der Waals surface area contributed by atoms with Gasteiger partial charge in [0.1, 0.15) is 6.04 Å². The standard InChI is InChI=1S/C18H20N2O2/c1-13-6-5-9-15(10-13)11-16(18(19)22)20-17(21)12-14-7-3-2-4-8-14/h2-10,16H,11-12H2,1H3,(H2,19,22)(H,20,21)/t16-/m1/s1. The molecule has 0 radical (unpaired) electrons. The van der Waals surface area contributed by atoms with Crippen LogP contribution in [0.3, 0.4) is 0 Å². The van der Waals surface area contributed by atoms with Gasteiger partial charge >= 0.3 is 0 Å². The van der Waals surface area contributed by atoms with Crippen molar-refractivity contribution in [3.05, 3.63) is 71.3 Å². The number of aryl methyl sites for hydroxylation is 1. The number of benzene rings is 2. The third kappa shape index (κ3) is 4.74. The van der Waals surface area contributed by atoms with Gasteiger partial charge in [-0.05, 0) is 18.1 Å². The number of nitrogens with two attached hydrogens (primary N) is 1. The minimum Gasteiger partial charge on any atom is -0.368 e. The molecule has 0 saturated carbocycles. The molecule has 1 atom stereocenters. The van der Waals surface area contributed by atoms with Crippen molar-refractivity contribution >= 4 is 11.8 Å². The van der Waals surface area contributed by atoms with Crippen molar-refractivity contribution in [2.24, 2.45) is 5.73 Å². The number of carbonyl (C=O) groups excluding carboxylic acids is 2. The van der Waals surface area contributed by atoms with Gasteiger partial charge in [-0.3, -0.25) is 9.59 Å². The SMILES string of the molecule is Cc1cccc(C[C@@H](NC(=O)Cc2ccccc2)C(N)=O)c1. The molecule has 0 aromatic heterocycles. The molecule has 0 spiro atoms. The first kappa shape index (κ1) is 15.8. The van der Waals surface area contributed by atoms with E-state index in [1.54, 1.807) is 0 Å². The highest BCUT2D eigenvalue weighted by Crippen LogP contribution is 2.07. The quantitative estimate of drug-likeness (QED) is 0.852. The lowest BCUT2D eigenvalue weighted by molar-refractivity contribution is -0.127. The van der Waals surface area contributed by atoms with Crippen LogP contribution in [-0.4, -0.2) is 17.9 Å². The first-order valence-electron chi connectivity index (χ1n) is 7.23. The molecule has 0 bridgehead atoms. The van der Waals surface area contributed by atoms with E-state index < -0.39 is 11.9 Å². The number of amides is 2. The van der Waals surface area contributed by atoms with Crippen LogP contribution < -0.4 is 11.1 Å². The smallest absolute Gasteiger partial charge is 0.240 e. The Balaban J connectivity index is 1.99. The highest BCUT2D eigenvalue weighted by molar-refractivity contribution is 5.87. The van der Waals surface area contributed by atoms with E-state index in [1.807, 2.05) is 61.5 Å². The molecule has 114 valence electrons. The molecule has 2 aromatic carbocycles. The molecule has 4 nitrogen and oxygen atoms in total. The molecule has 22 heavy (non-hydrogen) atoms. The van der Waals surface area contributed by atoms with Gasteiger partial charge in [-0.2, -0.15) is 0 Å². The second-order valence-electron chi connectivity index (χ2n) is 5.38. The van der Waals surface area contributed by atoms with Gasteiger partial charge in [-0.15, -0.1) is 0 Å². The lowest BCUT2D eigenvalue weighted by Crippen LogP contribution is -2.46. The monoisotopic (exact) mass is 296 g/mol. The van der Waals surface area contributed by atoms with E-state index in [2.05, 4.69) is 5.32 Å². The summed E-state index contributed by atoms with van der Waals surface area (Å²) in [5, 5.41) is 2.72. The zero-order valence-corrected chi connectivity index (χ0v) is 12.6. The summed E-state index contributed by atoms with van der Waals surface area (Å²) in [6.45, 7) is 1.98. The molecule has 0 heterocycles. The Morgan fingerprint density at radius 2 is 1.73 bits per heavy atom. The molecular weight excluding hydrogens is 276 g/mol. The average molecular weight is 296 g/mol. The molecule has 0 fully saturated rings. The zero-order valence-electron chi connectivity index (χ0n) is 12.6. The van der Waals surface area contributed by atoms with Crippen molar-refractivity contribution in [3.8, 4) is 0 Å². The van der Waals surface area contributed by atoms with Crippen molar-refractivity contribution in [3.63, 3.8) is 0 Å². The minimum atomic E-state index is -0.696. The number of hydrogen-bond acceptors (Lipinski definition) is 2. The summed E-state index contributed by atoms with van der Waals surface area (Å²) in [5.41, 5.74) is 8.40. The van der Waals surface area contributed by atoms with E-state index in [0.29, 0.717) is 6.42 Å². The summed E-state index contributed by atoms with van der Waals surface area (Å²) in [4.78, 5) is 23.6. The van der Waals surface area contributed by atoms with Gasteiger partial charge in [0.05, 0.1) is 6.42 Å². The highest BCUT2D eigenvalue weighted by atomic mass is 16.2. The van der Waals surface area contributed by atoms with Crippen molar-refractivity contribution in [2.45, 2.75) is 25.8 Å². The van der Waals surface area contributed by atoms with E-state index in [9.17, 15) is 9.59 Å². The van der Waals surface area contributed by atoms with Gasteiger partial charge in [0, 0.05) is 6.42 Å². The molecule has 2 aromatic rings. The van der Waals surface area contributed by atoms with E-state index >= 15 is 0 Å². The minimum absolute atomic E-state index is 0.206. The summed E-state index contributed by atoms with van der Waals surface area (Å²) < 4.78 is 0. The number of nitrogens with one attached hydrogen (secondary N) is 1. The van der Waals surface area contributed by atoms with Gasteiger partial charge in [-0.25, -0.2) is 0 Å². The number of rotatable bonds is 6. The topological polar surface area (TPSA) is 72.2 Å². The van der Waals surface area contributed by atoms with Crippen LogP contribution in [0, 0.1) is 6.92 Å². The van der Waals surface area contributed by atoms with E-state index in [0.717, 1.165) is 16.7 Å². The van der Waals surface area contributed by atoms with Gasteiger partial charge < -0.3 is 11.1 Å². The molecular formula is C18H20N2O2. The van der Waals surface area contributed by atoms with E-state index in [4.69, 9.17) is 5.73 Å². The van der Waals surface area contributed by atoms with Crippen LogP contribution in [0.4, 0.5) is 0 Å². The molecule has 0 aliphatic rings. The first-order chi connectivity index (χ1) is 10.5. The van der Waals surface area contributed by atoms with Crippen LogP contribution in [-0.2, 0) is 22.4 Å². The zero-order chi connectivity index (χ0) is 15.9. The molecule has 2 amide bonds. The van der Waals surface area contributed by atoms with Gasteiger partial charge in [0.2, 0.25) is 11.8 Å². The van der Waals surface area contributed by atoms with Crippen molar-refractivity contribution in [1.29, 1.82) is 0 Å². The maximum absolute atomic E-state index is 12.1. The summed E-state index contributed by atoms with van der Waals surface area (Å²) in [6.07, 6.45) is 0.635. The Bertz CT molecular complexity index is 653. The third-order valence-corrected chi connectivity index (χ3v) is 3.41. The molecule has 0 unspecified atom stereocenters. The number of primary amides is 1. The molecule has 0 saturated heterocycles. The maximum Gasteiger partial charge on any atom is 0.240 e. The van der Waals surface area contributed by atoms with Crippen LogP contribution in [0.25, 0.3) is 0 Å². The average Bonchev–Trinajstić information content (AvgIpc) is 2.47. The lowest BCUT2D eigenvalue weighted by atomic mass is 10.0. The second kappa shape index (κ2) is 7.41. The fourth-order valence-electron chi connectivity index (χ4n) is 2.32. The van der Waals surface area contributed by atoms with E-state index in [1.165, 1.54) is 0 Å². The van der Waals surface area contributed by atoms with Crippen molar-refractivity contribution in [2.75, 3.05) is 0 Å². The van der Waals surface area contributed by atoms with Crippen LogP contribution in [0.2, 0.25) is 0 Å². The van der Waals surface area contributed by atoms with Crippen LogP contribution in [0.5, 0.6) is 0 Å². The third-order valence-electron chi connectivity index (χ3n) is 3.41. The Kier molecular flexibility index (Phi) is 5.31. The summed E-state index contributed by atoms with van der Waals surface area (Å²) in [7, 11) is 0. The highest BCUT2D eigenvalue weighted by Gasteiger charge is 2.18. The number of carbonyl (C=O) groups is 2. The van der Waals surface area contributed by atoms with Crippen LogP contribution >= 0.6 is 0 Å². The molecule has 0 aliphatic carbocycles. The molecule has 0 aliphatic heterocycles. The van der Waals surface area contributed by atoms with Crippen LogP contribution in [0.15, 0.2) is 54.6 Å². The normalized spacial score (nSPS) is 11.7. The lowest BCUT2D eigenvalue weighted by Gasteiger charge is -2.16. The fourth-order valence-corrected chi connectivity index (χ4v) is 2.32. The Morgan fingerprint density at radius 3 is 2.36 bits per heavy atom. The Hall–Kier alpha value is -2.62. The summed E-state index contributed by atoms with van der Waals surface area (Å²) in [6, 6.07) is 16.5. The maximum atomic E-state index is 12.1. The second-order valence-corrected chi connectivity index (χ2v) is 5.38. The van der Waals surface area contributed by atoms with Gasteiger partial charge in [-0.1, -0.05) is 60.2 Å². The molecule has 2 rings (SSSR count). The molecule has 4 heteroatoms. The van der Waals surface area contributed by atoms with Gasteiger partial charge in [0.15, 0.2) is 0 Å².